The van der Waals surface area contributed by atoms with Crippen molar-refractivity contribution < 1.29 is 0 Å². The Morgan fingerprint density at radius 1 is 0.351 bits per heavy atom. The van der Waals surface area contributed by atoms with E-state index in [1.807, 2.05) is 0 Å². The van der Waals surface area contributed by atoms with E-state index in [-0.39, 0.29) is 0 Å². The minimum Gasteiger partial charge on any atom is -0.310 e. The third kappa shape index (κ3) is 8.03. The Bertz CT molecular complexity index is 4310. The first-order valence-electron chi connectivity index (χ1n) is 26.4. The lowest BCUT2D eigenvalue weighted by Crippen LogP contribution is -2.16. The highest BCUT2D eigenvalue weighted by Gasteiger charge is 2.29. The van der Waals surface area contributed by atoms with Crippen LogP contribution in [0.3, 0.4) is 0 Å². The van der Waals surface area contributed by atoms with Crippen molar-refractivity contribution in [2.75, 3.05) is 14.7 Å². The summed E-state index contributed by atoms with van der Waals surface area (Å²) in [5, 5.41) is 7.19. The van der Waals surface area contributed by atoms with E-state index in [1.54, 1.807) is 0 Å². The molecule has 0 unspecified atom stereocenters. The molecule has 0 amide bonds. The highest BCUT2D eigenvalue weighted by Crippen LogP contribution is 2.54. The molecule has 0 saturated carbocycles. The monoisotopic (exact) mass is 984 g/mol. The van der Waals surface area contributed by atoms with Gasteiger partial charge >= 0.3 is 0 Å². The van der Waals surface area contributed by atoms with E-state index >= 15 is 0 Å². The zero-order valence-electron chi connectivity index (χ0n) is 42.6. The highest BCUT2D eigenvalue weighted by atomic mass is 15.2. The molecule has 0 N–H and O–H groups in total. The minimum absolute atomic E-state index is 1.10. The molecular weight excluding hydrogens is 933 g/mol. The molecule has 0 bridgehead atoms. The average Bonchev–Trinajstić information content (AvgIpc) is 3.94. The largest absolute Gasteiger partial charge is 0.310 e. The Labute approximate surface area is 449 Å². The number of benzene rings is 12. The van der Waals surface area contributed by atoms with E-state index in [0.717, 1.165) is 84.6 Å². The quantitative estimate of drug-likeness (QED) is 0.120. The Morgan fingerprint density at radius 2 is 0.935 bits per heavy atom. The number of para-hydroxylation sites is 5. The van der Waals surface area contributed by atoms with Gasteiger partial charge in [-0.05, 0) is 173 Å². The Morgan fingerprint density at radius 3 is 1.58 bits per heavy atom. The highest BCUT2D eigenvalue weighted by molar-refractivity contribution is 6.17. The molecule has 1 aromatic heterocycles. The number of aromatic nitrogens is 1. The molecule has 0 saturated heterocycles. The predicted molar refractivity (Wildman–Crippen MR) is 328 cm³/mol. The maximum atomic E-state index is 2.50. The number of hydrogen-bond acceptors (Lipinski definition) is 3. The molecule has 1 aliphatic rings. The van der Waals surface area contributed by atoms with E-state index in [4.69, 9.17) is 0 Å². The summed E-state index contributed by atoms with van der Waals surface area (Å²) in [6.07, 6.45) is 8.67. The third-order valence-electron chi connectivity index (χ3n) is 15.1. The fourth-order valence-electron chi connectivity index (χ4n) is 11.7. The molecule has 77 heavy (non-hydrogen) atoms. The molecule has 4 heteroatoms. The average molecular weight is 985 g/mol. The molecule has 2 heterocycles. The van der Waals surface area contributed by atoms with Crippen LogP contribution >= 0.6 is 0 Å². The minimum atomic E-state index is 1.10. The normalized spacial score (nSPS) is 12.1. The summed E-state index contributed by atoms with van der Waals surface area (Å²) >= 11 is 0. The van der Waals surface area contributed by atoms with Crippen LogP contribution in [-0.2, 0) is 0 Å². The van der Waals surface area contributed by atoms with Gasteiger partial charge in [0.2, 0.25) is 0 Å². The number of anilines is 9. The van der Waals surface area contributed by atoms with Gasteiger partial charge in [-0.3, -0.25) is 0 Å². The molecule has 12 aromatic carbocycles. The summed E-state index contributed by atoms with van der Waals surface area (Å²) in [5.41, 5.74) is 19.4. The van der Waals surface area contributed by atoms with Crippen molar-refractivity contribution in [1.29, 1.82) is 0 Å². The van der Waals surface area contributed by atoms with Crippen molar-refractivity contribution in [2.45, 2.75) is 6.92 Å². The van der Waals surface area contributed by atoms with Crippen molar-refractivity contribution in [3.8, 4) is 27.9 Å². The second kappa shape index (κ2) is 19.3. The lowest BCUT2D eigenvalue weighted by atomic mass is 9.85. The number of nitrogens with zero attached hydrogens (tertiary/aromatic N) is 4. The zero-order chi connectivity index (χ0) is 51.2. The molecule has 4 nitrogen and oxygen atoms in total. The number of hydrogen-bond donors (Lipinski definition) is 0. The van der Waals surface area contributed by atoms with Gasteiger partial charge in [-0.2, -0.15) is 0 Å². The maximum Gasteiger partial charge on any atom is 0.0552 e. The van der Waals surface area contributed by atoms with Crippen LogP contribution in [0.5, 0.6) is 0 Å². The van der Waals surface area contributed by atoms with Gasteiger partial charge in [0.25, 0.3) is 0 Å². The fraction of sp³-hybridized carbons (Fsp3) is 0.0137. The molecule has 364 valence electrons. The van der Waals surface area contributed by atoms with Crippen molar-refractivity contribution in [2.24, 2.45) is 0 Å². The SMILES string of the molecule is C/C=C\C=C/c1cc(-c2ccc3c4cc(N(c5ccccc5)c5ccccc5)ccc4n(-c4ccccc4)c3c2)cc2c1-c1cccc3cccc(c13)N2c1ccc2cc(N(c3ccccc3)c3ccccc3)ccc2c1. The van der Waals surface area contributed by atoms with Gasteiger partial charge < -0.3 is 19.3 Å². The van der Waals surface area contributed by atoms with E-state index in [0.29, 0.717) is 0 Å². The summed E-state index contributed by atoms with van der Waals surface area (Å²) in [4.78, 5) is 7.18. The Hall–Kier alpha value is -10.2. The van der Waals surface area contributed by atoms with Crippen LogP contribution in [0.2, 0.25) is 0 Å². The van der Waals surface area contributed by atoms with Crippen molar-refractivity contribution in [3.05, 3.63) is 297 Å². The van der Waals surface area contributed by atoms with Gasteiger partial charge in [0, 0.05) is 67.2 Å². The first kappa shape index (κ1) is 45.5. The predicted octanol–water partition coefficient (Wildman–Crippen LogP) is 20.7. The van der Waals surface area contributed by atoms with E-state index < -0.39 is 0 Å². The lowest BCUT2D eigenvalue weighted by Gasteiger charge is -2.35. The molecule has 13 aromatic rings. The summed E-state index contributed by atoms with van der Waals surface area (Å²) in [6.45, 7) is 2.07. The summed E-state index contributed by atoms with van der Waals surface area (Å²) in [7, 11) is 0. The number of fused-ring (bicyclic) bond motifs is 6. The maximum absolute atomic E-state index is 2.50. The van der Waals surface area contributed by atoms with Crippen LogP contribution in [0.1, 0.15) is 12.5 Å². The standard InChI is InChI=1S/C73H52N4/c1-2-3-9-22-55-45-56(54-39-43-65-67-50-64(75(59-29-14-6-15-30-59)60-31-16-7-17-32-60)42-44-68(67)76(70(65)48-54)61-33-18-8-19-34-61)49-71-73(55)66-35-20-23-51-24-21-36-69(72(51)66)77(71)63-41-38-52-46-62(40-37-53(52)47-63)74(57-25-10-4-11-26-57)58-27-12-5-13-28-58/h2-50H,1H3/b3-2-,22-9-. The Kier molecular flexibility index (Phi) is 11.4. The zero-order valence-corrected chi connectivity index (χ0v) is 42.6. The van der Waals surface area contributed by atoms with Crippen molar-refractivity contribution in [1.82, 2.24) is 4.57 Å². The van der Waals surface area contributed by atoms with Gasteiger partial charge in [0.05, 0.1) is 22.4 Å². The second-order valence-electron chi connectivity index (χ2n) is 19.7. The van der Waals surface area contributed by atoms with Crippen LogP contribution in [0.4, 0.5) is 51.2 Å². The van der Waals surface area contributed by atoms with Crippen molar-refractivity contribution >= 4 is 101 Å². The number of rotatable bonds is 11. The molecule has 0 radical (unpaired) electrons. The van der Waals surface area contributed by atoms with Gasteiger partial charge in [-0.25, -0.2) is 0 Å². The molecule has 14 rings (SSSR count). The van der Waals surface area contributed by atoms with Gasteiger partial charge in [0.1, 0.15) is 0 Å². The number of allylic oxidation sites excluding steroid dienone is 3. The molecule has 0 aliphatic carbocycles. The van der Waals surface area contributed by atoms with Crippen molar-refractivity contribution in [3.63, 3.8) is 0 Å². The second-order valence-corrected chi connectivity index (χ2v) is 19.7. The van der Waals surface area contributed by atoms with Crippen LogP contribution in [0, 0.1) is 0 Å². The topological polar surface area (TPSA) is 14.7 Å². The molecule has 0 fully saturated rings. The molecule has 0 atom stereocenters. The summed E-state index contributed by atoms with van der Waals surface area (Å²) < 4.78 is 2.43. The first-order valence-corrected chi connectivity index (χ1v) is 26.4. The molecular formula is C73H52N4. The van der Waals surface area contributed by atoms with E-state index in [2.05, 4.69) is 323 Å². The van der Waals surface area contributed by atoms with Gasteiger partial charge in [-0.15, -0.1) is 0 Å². The first-order chi connectivity index (χ1) is 38.2. The summed E-state index contributed by atoms with van der Waals surface area (Å²) in [5.74, 6) is 0. The lowest BCUT2D eigenvalue weighted by molar-refractivity contribution is 1.18. The van der Waals surface area contributed by atoms with E-state index in [9.17, 15) is 0 Å². The molecule has 1 aliphatic heterocycles. The van der Waals surface area contributed by atoms with Gasteiger partial charge in [-0.1, -0.05) is 170 Å². The molecule has 0 spiro atoms. The van der Waals surface area contributed by atoms with Crippen LogP contribution in [0.15, 0.2) is 291 Å². The Balaban J connectivity index is 0.955. The fourth-order valence-corrected chi connectivity index (χ4v) is 11.7. The van der Waals surface area contributed by atoms with Crippen LogP contribution in [-0.4, -0.2) is 4.57 Å². The smallest absolute Gasteiger partial charge is 0.0552 e. The van der Waals surface area contributed by atoms with Crippen LogP contribution in [0.25, 0.3) is 77.4 Å². The van der Waals surface area contributed by atoms with Gasteiger partial charge in [0.15, 0.2) is 0 Å². The van der Waals surface area contributed by atoms with E-state index in [1.165, 1.54) is 43.4 Å². The summed E-state index contributed by atoms with van der Waals surface area (Å²) in [6, 6.07) is 99.4. The third-order valence-corrected chi connectivity index (χ3v) is 15.1. The van der Waals surface area contributed by atoms with Crippen LogP contribution < -0.4 is 14.7 Å².